The zero-order chi connectivity index (χ0) is 16.6. The van der Waals surface area contributed by atoms with Gasteiger partial charge in [0, 0.05) is 13.2 Å². The second-order valence-corrected chi connectivity index (χ2v) is 5.01. The SMILES string of the molecule is COCc1cccc(N2C(=O)c3cccc([N+](=O)[O-])c3C2=O)c1. The van der Waals surface area contributed by atoms with Gasteiger partial charge in [-0.05, 0) is 23.8 Å². The zero-order valence-electron chi connectivity index (χ0n) is 12.2. The van der Waals surface area contributed by atoms with Crippen molar-refractivity contribution in [2.75, 3.05) is 12.0 Å². The van der Waals surface area contributed by atoms with Crippen molar-refractivity contribution in [1.82, 2.24) is 0 Å². The molecule has 0 saturated carbocycles. The first kappa shape index (κ1) is 14.9. The summed E-state index contributed by atoms with van der Waals surface area (Å²) >= 11 is 0. The number of rotatable bonds is 4. The maximum absolute atomic E-state index is 12.6. The summed E-state index contributed by atoms with van der Waals surface area (Å²) in [7, 11) is 1.54. The number of hydrogen-bond acceptors (Lipinski definition) is 5. The van der Waals surface area contributed by atoms with E-state index in [9.17, 15) is 19.7 Å². The third-order valence-corrected chi connectivity index (χ3v) is 3.57. The summed E-state index contributed by atoms with van der Waals surface area (Å²) in [6.45, 7) is 0.331. The van der Waals surface area contributed by atoms with Crippen LogP contribution >= 0.6 is 0 Å². The van der Waals surface area contributed by atoms with Crippen molar-refractivity contribution in [2.45, 2.75) is 6.61 Å². The number of methoxy groups -OCH3 is 1. The molecule has 2 aromatic carbocycles. The molecule has 0 saturated heterocycles. The Morgan fingerprint density at radius 2 is 1.87 bits per heavy atom. The molecule has 7 nitrogen and oxygen atoms in total. The molecule has 0 aliphatic carbocycles. The topological polar surface area (TPSA) is 89.8 Å². The molecule has 0 fully saturated rings. The first-order valence-electron chi connectivity index (χ1n) is 6.78. The predicted octanol–water partition coefficient (Wildman–Crippen LogP) is 2.54. The fraction of sp³-hybridized carbons (Fsp3) is 0.125. The first-order valence-corrected chi connectivity index (χ1v) is 6.78. The zero-order valence-corrected chi connectivity index (χ0v) is 12.2. The third-order valence-electron chi connectivity index (χ3n) is 3.57. The Hall–Kier alpha value is -3.06. The van der Waals surface area contributed by atoms with E-state index in [1.165, 1.54) is 25.3 Å². The van der Waals surface area contributed by atoms with Crippen molar-refractivity contribution in [3.05, 3.63) is 69.3 Å². The smallest absolute Gasteiger partial charge is 0.283 e. The number of fused-ring (bicyclic) bond motifs is 1. The number of benzene rings is 2. The van der Waals surface area contributed by atoms with E-state index >= 15 is 0 Å². The van der Waals surface area contributed by atoms with Crippen LogP contribution in [-0.2, 0) is 11.3 Å². The van der Waals surface area contributed by atoms with Crippen LogP contribution < -0.4 is 4.90 Å². The Balaban J connectivity index is 2.09. The quantitative estimate of drug-likeness (QED) is 0.491. The number of anilines is 1. The number of nitro groups is 1. The molecule has 0 N–H and O–H groups in total. The summed E-state index contributed by atoms with van der Waals surface area (Å²) in [5.74, 6) is -1.25. The van der Waals surface area contributed by atoms with Crippen LogP contribution in [0.3, 0.4) is 0 Å². The van der Waals surface area contributed by atoms with Crippen molar-refractivity contribution in [1.29, 1.82) is 0 Å². The number of ether oxygens (including phenoxy) is 1. The maximum atomic E-state index is 12.6. The fourth-order valence-electron chi connectivity index (χ4n) is 2.61. The van der Waals surface area contributed by atoms with Gasteiger partial charge in [0.1, 0.15) is 5.56 Å². The van der Waals surface area contributed by atoms with E-state index in [2.05, 4.69) is 0 Å². The number of carbonyl (C=O) groups excluding carboxylic acids is 2. The minimum Gasteiger partial charge on any atom is -0.380 e. The van der Waals surface area contributed by atoms with Gasteiger partial charge < -0.3 is 4.74 Å². The molecule has 2 aromatic rings. The molecule has 23 heavy (non-hydrogen) atoms. The van der Waals surface area contributed by atoms with Gasteiger partial charge in [0.05, 0.1) is 22.8 Å². The van der Waals surface area contributed by atoms with E-state index in [0.717, 1.165) is 10.5 Å². The highest BCUT2D eigenvalue weighted by atomic mass is 16.6. The highest BCUT2D eigenvalue weighted by molar-refractivity contribution is 6.35. The van der Waals surface area contributed by atoms with E-state index in [1.807, 2.05) is 0 Å². The second kappa shape index (κ2) is 5.62. The van der Waals surface area contributed by atoms with Crippen molar-refractivity contribution in [2.24, 2.45) is 0 Å². The number of hydrogen-bond donors (Lipinski definition) is 0. The summed E-state index contributed by atoms with van der Waals surface area (Å²) in [5, 5.41) is 11.1. The average molecular weight is 312 g/mol. The van der Waals surface area contributed by atoms with Crippen LogP contribution in [0.15, 0.2) is 42.5 Å². The number of imide groups is 1. The number of amides is 2. The van der Waals surface area contributed by atoms with Crippen molar-refractivity contribution in [3.63, 3.8) is 0 Å². The minimum atomic E-state index is -0.688. The molecule has 1 aliphatic heterocycles. The Morgan fingerprint density at radius 1 is 1.13 bits per heavy atom. The molecule has 0 radical (unpaired) electrons. The van der Waals surface area contributed by atoms with Crippen LogP contribution in [0.4, 0.5) is 11.4 Å². The van der Waals surface area contributed by atoms with E-state index < -0.39 is 16.7 Å². The average Bonchev–Trinajstić information content (AvgIpc) is 2.79. The summed E-state index contributed by atoms with van der Waals surface area (Å²) in [4.78, 5) is 36.5. The monoisotopic (exact) mass is 312 g/mol. The van der Waals surface area contributed by atoms with Crippen LogP contribution in [0, 0.1) is 10.1 Å². The summed E-state index contributed by atoms with van der Waals surface area (Å²) in [5.41, 5.74) is 0.661. The Kier molecular flexibility index (Phi) is 3.63. The van der Waals surface area contributed by atoms with Crippen molar-refractivity contribution >= 4 is 23.2 Å². The number of nitro benzene ring substituents is 1. The molecule has 0 unspecified atom stereocenters. The van der Waals surface area contributed by atoms with E-state index in [1.54, 1.807) is 24.3 Å². The van der Waals surface area contributed by atoms with Gasteiger partial charge >= 0.3 is 0 Å². The molecule has 0 bridgehead atoms. The van der Waals surface area contributed by atoms with Gasteiger partial charge in [0.15, 0.2) is 0 Å². The normalized spacial score (nSPS) is 13.3. The highest BCUT2D eigenvalue weighted by Gasteiger charge is 2.41. The molecule has 0 atom stereocenters. The van der Waals surface area contributed by atoms with Gasteiger partial charge in [0.25, 0.3) is 17.5 Å². The molecule has 116 valence electrons. The molecule has 0 aromatic heterocycles. The van der Waals surface area contributed by atoms with E-state index in [-0.39, 0.29) is 16.8 Å². The largest absolute Gasteiger partial charge is 0.380 e. The predicted molar refractivity (Wildman–Crippen MR) is 81.4 cm³/mol. The molecule has 7 heteroatoms. The molecule has 3 rings (SSSR count). The maximum Gasteiger partial charge on any atom is 0.283 e. The summed E-state index contributed by atoms with van der Waals surface area (Å²) in [6, 6.07) is 10.8. The summed E-state index contributed by atoms with van der Waals surface area (Å²) < 4.78 is 5.03. The van der Waals surface area contributed by atoms with Crippen LogP contribution in [0.5, 0.6) is 0 Å². The molecule has 0 spiro atoms. The minimum absolute atomic E-state index is 0.0429. The highest BCUT2D eigenvalue weighted by Crippen LogP contribution is 2.34. The molecular weight excluding hydrogens is 300 g/mol. The molecular formula is C16H12N2O5. The van der Waals surface area contributed by atoms with Crippen LogP contribution in [0.1, 0.15) is 26.3 Å². The molecule has 2 amide bonds. The lowest BCUT2D eigenvalue weighted by atomic mass is 10.1. The second-order valence-electron chi connectivity index (χ2n) is 5.01. The van der Waals surface area contributed by atoms with Gasteiger partial charge in [-0.2, -0.15) is 0 Å². The van der Waals surface area contributed by atoms with Gasteiger partial charge in [-0.1, -0.05) is 18.2 Å². The first-order chi connectivity index (χ1) is 11.0. The lowest BCUT2D eigenvalue weighted by Gasteiger charge is -2.14. The summed E-state index contributed by atoms with van der Waals surface area (Å²) in [6.07, 6.45) is 0. The molecule has 1 aliphatic rings. The van der Waals surface area contributed by atoms with Gasteiger partial charge in [-0.25, -0.2) is 4.90 Å². The lowest BCUT2D eigenvalue weighted by molar-refractivity contribution is -0.385. The Bertz CT molecular complexity index is 831. The van der Waals surface area contributed by atoms with Crippen LogP contribution in [0.2, 0.25) is 0 Å². The van der Waals surface area contributed by atoms with Gasteiger partial charge in [-0.15, -0.1) is 0 Å². The third kappa shape index (κ3) is 2.36. The molecule has 1 heterocycles. The van der Waals surface area contributed by atoms with Crippen LogP contribution in [0.25, 0.3) is 0 Å². The van der Waals surface area contributed by atoms with E-state index in [4.69, 9.17) is 4.74 Å². The standard InChI is InChI=1S/C16H12N2O5/c1-23-9-10-4-2-5-11(8-10)17-15(19)12-6-3-7-13(18(21)22)14(12)16(17)20/h2-8H,9H2,1H3. The Morgan fingerprint density at radius 3 is 2.57 bits per heavy atom. The van der Waals surface area contributed by atoms with Crippen molar-refractivity contribution < 1.29 is 19.2 Å². The van der Waals surface area contributed by atoms with Gasteiger partial charge in [-0.3, -0.25) is 19.7 Å². The fourth-order valence-corrected chi connectivity index (χ4v) is 2.61. The lowest BCUT2D eigenvalue weighted by Crippen LogP contribution is -2.29. The van der Waals surface area contributed by atoms with Crippen LogP contribution in [-0.4, -0.2) is 23.8 Å². The number of nitrogens with zero attached hydrogens (tertiary/aromatic N) is 2. The Labute approximate surface area is 131 Å². The van der Waals surface area contributed by atoms with Crippen molar-refractivity contribution in [3.8, 4) is 0 Å². The van der Waals surface area contributed by atoms with Gasteiger partial charge in [0.2, 0.25) is 0 Å². The van der Waals surface area contributed by atoms with E-state index in [0.29, 0.717) is 12.3 Å². The number of carbonyl (C=O) groups is 2.